The molecule has 0 atom stereocenters. The minimum Gasteiger partial charge on any atom is -0.487 e. The van der Waals surface area contributed by atoms with E-state index in [4.69, 9.17) is 16.3 Å². The van der Waals surface area contributed by atoms with Crippen molar-refractivity contribution in [3.05, 3.63) is 76.8 Å². The highest BCUT2D eigenvalue weighted by Crippen LogP contribution is 2.30. The van der Waals surface area contributed by atoms with E-state index in [1.54, 1.807) is 24.3 Å². The Labute approximate surface area is 132 Å². The van der Waals surface area contributed by atoms with Gasteiger partial charge < -0.3 is 9.84 Å². The maximum absolute atomic E-state index is 11.4. The van der Waals surface area contributed by atoms with Gasteiger partial charge in [-0.3, -0.25) is 0 Å². The molecule has 3 rings (SSSR count). The molecule has 0 aliphatic carbocycles. The number of rotatable bonds is 4. The average Bonchev–Trinajstić information content (AvgIpc) is 2.53. The first-order valence-electron chi connectivity index (χ1n) is 6.77. The number of halogens is 1. The fourth-order valence-electron chi connectivity index (χ4n) is 2.30. The Hall–Kier alpha value is -2.52. The predicted octanol–water partition coefficient (Wildman–Crippen LogP) is 4.77. The third kappa shape index (κ3) is 2.90. The Balaban J connectivity index is 1.98. The van der Waals surface area contributed by atoms with Crippen molar-refractivity contribution in [2.45, 2.75) is 6.61 Å². The number of benzene rings is 3. The van der Waals surface area contributed by atoms with Crippen molar-refractivity contribution in [1.29, 1.82) is 0 Å². The SMILES string of the molecule is O=C(O)c1ccc2ccccc2c1OCc1ccc(Cl)cc1. The van der Waals surface area contributed by atoms with Gasteiger partial charge in [0.15, 0.2) is 0 Å². The van der Waals surface area contributed by atoms with Crippen LogP contribution in [0.1, 0.15) is 15.9 Å². The molecule has 0 bridgehead atoms. The molecule has 0 radical (unpaired) electrons. The molecular weight excluding hydrogens is 300 g/mol. The molecule has 0 aromatic heterocycles. The molecule has 0 unspecified atom stereocenters. The second kappa shape index (κ2) is 6.08. The summed E-state index contributed by atoms with van der Waals surface area (Å²) >= 11 is 5.86. The average molecular weight is 313 g/mol. The molecule has 22 heavy (non-hydrogen) atoms. The normalized spacial score (nSPS) is 10.6. The number of hydrogen-bond donors (Lipinski definition) is 1. The van der Waals surface area contributed by atoms with Crippen molar-refractivity contribution in [3.8, 4) is 5.75 Å². The summed E-state index contributed by atoms with van der Waals surface area (Å²) in [4.78, 5) is 11.4. The molecule has 1 N–H and O–H groups in total. The highest BCUT2D eigenvalue weighted by Gasteiger charge is 2.14. The van der Waals surface area contributed by atoms with Crippen molar-refractivity contribution in [2.24, 2.45) is 0 Å². The van der Waals surface area contributed by atoms with E-state index in [9.17, 15) is 9.90 Å². The number of hydrogen-bond acceptors (Lipinski definition) is 2. The molecule has 3 nitrogen and oxygen atoms in total. The van der Waals surface area contributed by atoms with Crippen molar-refractivity contribution in [1.82, 2.24) is 0 Å². The number of carboxylic acid groups (broad SMARTS) is 1. The van der Waals surface area contributed by atoms with Gasteiger partial charge in [-0.1, -0.05) is 54.1 Å². The lowest BCUT2D eigenvalue weighted by Gasteiger charge is -2.12. The number of fused-ring (bicyclic) bond motifs is 1. The Bertz CT molecular complexity index is 825. The number of carboxylic acids is 1. The lowest BCUT2D eigenvalue weighted by atomic mass is 10.1. The molecule has 0 aliphatic rings. The van der Waals surface area contributed by atoms with E-state index in [0.717, 1.165) is 16.3 Å². The zero-order chi connectivity index (χ0) is 15.5. The van der Waals surface area contributed by atoms with E-state index >= 15 is 0 Å². The zero-order valence-electron chi connectivity index (χ0n) is 11.6. The maximum Gasteiger partial charge on any atom is 0.339 e. The van der Waals surface area contributed by atoms with Crippen LogP contribution < -0.4 is 4.74 Å². The molecule has 0 amide bonds. The second-order valence-corrected chi connectivity index (χ2v) is 5.32. The predicted molar refractivity (Wildman–Crippen MR) is 86.7 cm³/mol. The van der Waals surface area contributed by atoms with Crippen molar-refractivity contribution in [3.63, 3.8) is 0 Å². The van der Waals surface area contributed by atoms with Gasteiger partial charge in [0.2, 0.25) is 0 Å². The van der Waals surface area contributed by atoms with Crippen LogP contribution in [-0.2, 0) is 6.61 Å². The second-order valence-electron chi connectivity index (χ2n) is 4.88. The fourth-order valence-corrected chi connectivity index (χ4v) is 2.43. The van der Waals surface area contributed by atoms with E-state index in [2.05, 4.69) is 0 Å². The maximum atomic E-state index is 11.4. The monoisotopic (exact) mass is 312 g/mol. The van der Waals surface area contributed by atoms with Gasteiger partial charge in [-0.25, -0.2) is 4.79 Å². The van der Waals surface area contributed by atoms with Crippen molar-refractivity contribution in [2.75, 3.05) is 0 Å². The molecule has 0 saturated heterocycles. The van der Waals surface area contributed by atoms with Crippen molar-refractivity contribution >= 4 is 28.3 Å². The third-order valence-corrected chi connectivity index (χ3v) is 3.66. The van der Waals surface area contributed by atoms with Gasteiger partial charge in [0, 0.05) is 10.4 Å². The minimum atomic E-state index is -1.00. The Morgan fingerprint density at radius 2 is 1.73 bits per heavy atom. The number of ether oxygens (including phenoxy) is 1. The van der Waals surface area contributed by atoms with Crippen LogP contribution in [0.4, 0.5) is 0 Å². The molecule has 0 aliphatic heterocycles. The molecule has 110 valence electrons. The summed E-state index contributed by atoms with van der Waals surface area (Å²) < 4.78 is 5.81. The lowest BCUT2D eigenvalue weighted by Crippen LogP contribution is -2.04. The molecule has 0 fully saturated rings. The quantitative estimate of drug-likeness (QED) is 0.754. The van der Waals surface area contributed by atoms with Crippen LogP contribution in [-0.4, -0.2) is 11.1 Å². The van der Waals surface area contributed by atoms with Crippen LogP contribution in [0.2, 0.25) is 5.02 Å². The Morgan fingerprint density at radius 1 is 1.00 bits per heavy atom. The van der Waals surface area contributed by atoms with Crippen LogP contribution in [0.25, 0.3) is 10.8 Å². The van der Waals surface area contributed by atoms with Gasteiger partial charge >= 0.3 is 5.97 Å². The van der Waals surface area contributed by atoms with E-state index in [1.807, 2.05) is 36.4 Å². The molecule has 3 aromatic carbocycles. The van der Waals surface area contributed by atoms with E-state index < -0.39 is 5.97 Å². The molecule has 0 saturated carbocycles. The van der Waals surface area contributed by atoms with Gasteiger partial charge in [0.1, 0.15) is 17.9 Å². The first-order valence-corrected chi connectivity index (χ1v) is 7.15. The van der Waals surface area contributed by atoms with Gasteiger partial charge in [0.25, 0.3) is 0 Å². The fraction of sp³-hybridized carbons (Fsp3) is 0.0556. The summed E-state index contributed by atoms with van der Waals surface area (Å²) in [5, 5.41) is 11.7. The zero-order valence-corrected chi connectivity index (χ0v) is 12.4. The van der Waals surface area contributed by atoms with E-state index in [1.165, 1.54) is 0 Å². The van der Waals surface area contributed by atoms with Gasteiger partial charge in [0.05, 0.1) is 0 Å². The number of aromatic carboxylic acids is 1. The van der Waals surface area contributed by atoms with Crippen LogP contribution in [0.5, 0.6) is 5.75 Å². The highest BCUT2D eigenvalue weighted by molar-refractivity contribution is 6.30. The Morgan fingerprint density at radius 3 is 2.45 bits per heavy atom. The van der Waals surface area contributed by atoms with Crippen LogP contribution in [0.3, 0.4) is 0 Å². The summed E-state index contributed by atoms with van der Waals surface area (Å²) in [5.41, 5.74) is 1.08. The Kier molecular flexibility index (Phi) is 3.98. The molecular formula is C18H13ClO3. The molecule has 4 heteroatoms. The van der Waals surface area contributed by atoms with Gasteiger partial charge in [-0.05, 0) is 29.1 Å². The summed E-state index contributed by atoms with van der Waals surface area (Å²) in [6.45, 7) is 0.283. The summed E-state index contributed by atoms with van der Waals surface area (Å²) in [5.74, 6) is -0.614. The van der Waals surface area contributed by atoms with Gasteiger partial charge in [-0.2, -0.15) is 0 Å². The van der Waals surface area contributed by atoms with Crippen molar-refractivity contribution < 1.29 is 14.6 Å². The first kappa shape index (κ1) is 14.4. The van der Waals surface area contributed by atoms with E-state index in [-0.39, 0.29) is 12.2 Å². The highest BCUT2D eigenvalue weighted by atomic mass is 35.5. The molecule has 0 heterocycles. The van der Waals surface area contributed by atoms with Gasteiger partial charge in [-0.15, -0.1) is 0 Å². The van der Waals surface area contributed by atoms with Crippen LogP contribution in [0, 0.1) is 0 Å². The summed E-state index contributed by atoms with van der Waals surface area (Å²) in [7, 11) is 0. The summed E-state index contributed by atoms with van der Waals surface area (Å²) in [6, 6.07) is 18.2. The molecule has 3 aromatic rings. The standard InChI is InChI=1S/C18H13ClO3/c19-14-8-5-12(6-9-14)11-22-17-15-4-2-1-3-13(15)7-10-16(17)18(20)21/h1-10H,11H2,(H,20,21). The van der Waals surface area contributed by atoms with Crippen LogP contribution >= 0.6 is 11.6 Å². The number of carbonyl (C=O) groups is 1. The first-order chi connectivity index (χ1) is 10.6. The smallest absolute Gasteiger partial charge is 0.339 e. The third-order valence-electron chi connectivity index (χ3n) is 3.41. The summed E-state index contributed by atoms with van der Waals surface area (Å²) in [6.07, 6.45) is 0. The van der Waals surface area contributed by atoms with Crippen LogP contribution in [0.15, 0.2) is 60.7 Å². The largest absolute Gasteiger partial charge is 0.487 e. The molecule has 0 spiro atoms. The van der Waals surface area contributed by atoms with E-state index in [0.29, 0.717) is 10.8 Å². The minimum absolute atomic E-state index is 0.160. The lowest BCUT2D eigenvalue weighted by molar-refractivity contribution is 0.0692. The topological polar surface area (TPSA) is 46.5 Å².